The number of hydrogen-bond acceptors (Lipinski definition) is 5. The summed E-state index contributed by atoms with van der Waals surface area (Å²) in [5, 5.41) is 4.55. The van der Waals surface area contributed by atoms with Gasteiger partial charge in [-0.1, -0.05) is 29.8 Å². The predicted octanol–water partition coefficient (Wildman–Crippen LogP) is 5.65. The van der Waals surface area contributed by atoms with Crippen LogP contribution in [-0.2, 0) is 4.74 Å². The molecule has 150 valence electrons. The number of halogens is 2. The van der Waals surface area contributed by atoms with Gasteiger partial charge >= 0.3 is 5.97 Å². The molecular formula is C21H17ClFNO4S. The molecule has 0 saturated heterocycles. The van der Waals surface area contributed by atoms with E-state index in [2.05, 4.69) is 5.32 Å². The van der Waals surface area contributed by atoms with Crippen LogP contribution >= 0.6 is 22.9 Å². The van der Waals surface area contributed by atoms with Crippen LogP contribution in [0.25, 0.3) is 11.1 Å². The van der Waals surface area contributed by atoms with Gasteiger partial charge in [-0.3, -0.25) is 4.79 Å². The van der Waals surface area contributed by atoms with Gasteiger partial charge in [0.05, 0.1) is 24.3 Å². The van der Waals surface area contributed by atoms with E-state index in [-0.39, 0.29) is 27.8 Å². The second-order valence-electron chi connectivity index (χ2n) is 5.85. The van der Waals surface area contributed by atoms with Gasteiger partial charge in [-0.15, -0.1) is 11.3 Å². The van der Waals surface area contributed by atoms with Gasteiger partial charge in [-0.05, 0) is 36.8 Å². The molecule has 0 atom stereocenters. The van der Waals surface area contributed by atoms with Crippen LogP contribution in [0.5, 0.6) is 5.75 Å². The van der Waals surface area contributed by atoms with Gasteiger partial charge in [0.25, 0.3) is 5.91 Å². The minimum atomic E-state index is -0.750. The highest BCUT2D eigenvalue weighted by Crippen LogP contribution is 2.37. The number of nitrogens with one attached hydrogen (secondary N) is 1. The number of hydrogen-bond donors (Lipinski definition) is 1. The molecule has 2 aromatic carbocycles. The number of methoxy groups -OCH3 is 1. The van der Waals surface area contributed by atoms with Crippen LogP contribution in [0.1, 0.15) is 27.6 Å². The molecule has 0 aliphatic carbocycles. The third-order valence-electron chi connectivity index (χ3n) is 4.09. The zero-order valence-corrected chi connectivity index (χ0v) is 17.2. The molecule has 5 nitrogen and oxygen atoms in total. The Morgan fingerprint density at radius 3 is 2.48 bits per heavy atom. The minimum absolute atomic E-state index is 0.0212. The van der Waals surface area contributed by atoms with Gasteiger partial charge < -0.3 is 14.8 Å². The smallest absolute Gasteiger partial charge is 0.341 e. The van der Waals surface area contributed by atoms with E-state index in [1.807, 2.05) is 0 Å². The van der Waals surface area contributed by atoms with E-state index >= 15 is 0 Å². The predicted molar refractivity (Wildman–Crippen MR) is 112 cm³/mol. The quantitative estimate of drug-likeness (QED) is 0.510. The second kappa shape index (κ2) is 9.07. The summed E-state index contributed by atoms with van der Waals surface area (Å²) >= 11 is 7.11. The number of thiophene rings is 1. The van der Waals surface area contributed by atoms with Crippen LogP contribution in [-0.4, -0.2) is 25.6 Å². The maximum atomic E-state index is 14.1. The molecule has 8 heteroatoms. The molecule has 0 aliphatic heterocycles. The van der Waals surface area contributed by atoms with E-state index in [4.69, 9.17) is 21.1 Å². The molecular weight excluding hydrogens is 417 g/mol. The molecule has 3 rings (SSSR count). The van der Waals surface area contributed by atoms with Crippen LogP contribution in [0.4, 0.5) is 9.39 Å². The van der Waals surface area contributed by atoms with Crippen LogP contribution in [0.15, 0.2) is 47.8 Å². The van der Waals surface area contributed by atoms with E-state index in [0.717, 1.165) is 23.0 Å². The van der Waals surface area contributed by atoms with E-state index in [1.54, 1.807) is 43.7 Å². The summed E-state index contributed by atoms with van der Waals surface area (Å²) in [6, 6.07) is 11.1. The van der Waals surface area contributed by atoms with Crippen molar-refractivity contribution in [1.82, 2.24) is 0 Å². The highest BCUT2D eigenvalue weighted by molar-refractivity contribution is 7.15. The Kier molecular flexibility index (Phi) is 6.51. The monoisotopic (exact) mass is 433 g/mol. The summed E-state index contributed by atoms with van der Waals surface area (Å²) in [7, 11) is 1.56. The fourth-order valence-corrected chi connectivity index (χ4v) is 3.92. The molecule has 0 saturated carbocycles. The summed E-state index contributed by atoms with van der Waals surface area (Å²) in [6.07, 6.45) is 0. The van der Waals surface area contributed by atoms with Crippen molar-refractivity contribution < 1.29 is 23.5 Å². The first-order chi connectivity index (χ1) is 14.0. The number of ether oxygens (including phenoxy) is 2. The highest BCUT2D eigenvalue weighted by atomic mass is 35.5. The summed E-state index contributed by atoms with van der Waals surface area (Å²) in [5.41, 5.74) is 1.24. The van der Waals surface area contributed by atoms with Crippen molar-refractivity contribution in [2.75, 3.05) is 19.0 Å². The van der Waals surface area contributed by atoms with Gasteiger partial charge in [-0.2, -0.15) is 0 Å². The second-order valence-corrected chi connectivity index (χ2v) is 7.14. The van der Waals surface area contributed by atoms with E-state index in [9.17, 15) is 14.0 Å². The van der Waals surface area contributed by atoms with Crippen LogP contribution < -0.4 is 10.1 Å². The Hall–Kier alpha value is -2.90. The van der Waals surface area contributed by atoms with Crippen LogP contribution in [0.3, 0.4) is 0 Å². The number of anilines is 1. The van der Waals surface area contributed by atoms with Crippen molar-refractivity contribution in [3.05, 3.63) is 69.8 Å². The van der Waals surface area contributed by atoms with Gasteiger partial charge in [-0.25, -0.2) is 9.18 Å². The molecule has 3 aromatic rings. The number of rotatable bonds is 6. The molecule has 0 unspecified atom stereocenters. The number of carbonyl (C=O) groups excluding carboxylic acids is 2. The summed E-state index contributed by atoms with van der Waals surface area (Å²) < 4.78 is 24.4. The summed E-state index contributed by atoms with van der Waals surface area (Å²) in [6.45, 7) is 1.86. The first-order valence-corrected chi connectivity index (χ1v) is 9.90. The van der Waals surface area contributed by atoms with E-state index < -0.39 is 17.7 Å². The van der Waals surface area contributed by atoms with Gasteiger partial charge in [0.1, 0.15) is 22.1 Å². The third-order valence-corrected chi connectivity index (χ3v) is 5.30. The van der Waals surface area contributed by atoms with Crippen molar-refractivity contribution in [2.24, 2.45) is 0 Å². The molecule has 0 radical (unpaired) electrons. The largest absolute Gasteiger partial charge is 0.497 e. The van der Waals surface area contributed by atoms with Gasteiger partial charge in [0.15, 0.2) is 0 Å². The van der Waals surface area contributed by atoms with Crippen LogP contribution in [0.2, 0.25) is 5.02 Å². The first kappa shape index (κ1) is 20.8. The molecule has 0 fully saturated rings. The molecule has 1 amide bonds. The fourth-order valence-electron chi connectivity index (χ4n) is 2.72. The average Bonchev–Trinajstić information content (AvgIpc) is 3.11. The normalized spacial score (nSPS) is 10.5. The zero-order chi connectivity index (χ0) is 21.0. The number of benzene rings is 2. The lowest BCUT2D eigenvalue weighted by Gasteiger charge is -2.10. The average molecular weight is 434 g/mol. The van der Waals surface area contributed by atoms with E-state index in [1.165, 1.54) is 12.1 Å². The molecule has 0 aliphatic rings. The van der Waals surface area contributed by atoms with Crippen molar-refractivity contribution in [3.63, 3.8) is 0 Å². The molecule has 0 bridgehead atoms. The lowest BCUT2D eigenvalue weighted by molar-refractivity contribution is 0.0529. The highest BCUT2D eigenvalue weighted by Gasteiger charge is 2.24. The molecule has 0 spiro atoms. The lowest BCUT2D eigenvalue weighted by Crippen LogP contribution is -2.16. The minimum Gasteiger partial charge on any atom is -0.497 e. The summed E-state index contributed by atoms with van der Waals surface area (Å²) in [5.74, 6) is -1.42. The fraction of sp³-hybridized carbons (Fsp3) is 0.143. The number of esters is 1. The van der Waals surface area contributed by atoms with Crippen molar-refractivity contribution in [2.45, 2.75) is 6.92 Å². The Morgan fingerprint density at radius 1 is 1.14 bits per heavy atom. The Morgan fingerprint density at radius 2 is 1.86 bits per heavy atom. The standard InChI is InChI=1S/C21H17ClFNO4S/c1-3-28-21(26)17-14(12-7-9-13(27-2)10-8-12)11-29-20(17)24-19(25)18-15(22)5-4-6-16(18)23/h4-11H,3H2,1-2H3,(H,24,25). The SMILES string of the molecule is CCOC(=O)c1c(-c2ccc(OC)cc2)csc1NC(=O)c1c(F)cccc1Cl. The Bertz CT molecular complexity index is 1030. The Balaban J connectivity index is 2.01. The van der Waals surface area contributed by atoms with Crippen molar-refractivity contribution >= 4 is 39.8 Å². The van der Waals surface area contributed by atoms with E-state index in [0.29, 0.717) is 11.3 Å². The first-order valence-electron chi connectivity index (χ1n) is 8.64. The van der Waals surface area contributed by atoms with Crippen LogP contribution in [0, 0.1) is 5.82 Å². The van der Waals surface area contributed by atoms with Gasteiger partial charge in [0, 0.05) is 10.9 Å². The molecule has 1 heterocycles. The zero-order valence-electron chi connectivity index (χ0n) is 15.6. The van der Waals surface area contributed by atoms with Crippen molar-refractivity contribution in [1.29, 1.82) is 0 Å². The maximum Gasteiger partial charge on any atom is 0.341 e. The maximum absolute atomic E-state index is 14.1. The molecule has 1 aromatic heterocycles. The lowest BCUT2D eigenvalue weighted by atomic mass is 10.0. The molecule has 1 N–H and O–H groups in total. The summed E-state index contributed by atoms with van der Waals surface area (Å²) in [4.78, 5) is 25.2. The third kappa shape index (κ3) is 4.41. The Labute approximate surface area is 176 Å². The van der Waals surface area contributed by atoms with Crippen molar-refractivity contribution in [3.8, 4) is 16.9 Å². The number of carbonyl (C=O) groups is 2. The molecule has 29 heavy (non-hydrogen) atoms. The topological polar surface area (TPSA) is 64.6 Å². The number of amides is 1. The van der Waals surface area contributed by atoms with Gasteiger partial charge in [0.2, 0.25) is 0 Å².